The van der Waals surface area contributed by atoms with Crippen LogP contribution < -0.4 is 0 Å². The zero-order valence-corrected chi connectivity index (χ0v) is 27.1. The van der Waals surface area contributed by atoms with E-state index in [2.05, 4.69) is 154 Å². The van der Waals surface area contributed by atoms with Crippen LogP contribution in [-0.2, 0) is 0 Å². The molecule has 0 spiro atoms. The minimum atomic E-state index is 0.630. The molecule has 0 amide bonds. The lowest BCUT2D eigenvalue weighted by atomic mass is 9.84. The quantitative estimate of drug-likeness (QED) is 0.183. The number of hydrogen-bond acceptors (Lipinski definition) is 2. The van der Waals surface area contributed by atoms with Crippen LogP contribution in [0.2, 0.25) is 0 Å². The Morgan fingerprint density at radius 3 is 1.96 bits per heavy atom. The number of oxazole rings is 1. The van der Waals surface area contributed by atoms with Crippen molar-refractivity contribution in [2.75, 3.05) is 0 Å². The molecule has 4 heteroatoms. The fourth-order valence-corrected chi connectivity index (χ4v) is 7.47. The third-order valence-electron chi connectivity index (χ3n) is 9.25. The van der Waals surface area contributed by atoms with Gasteiger partial charge in [-0.25, -0.2) is 4.98 Å². The first-order chi connectivity index (χ1) is 23.2. The number of benzene rings is 6. The summed E-state index contributed by atoms with van der Waals surface area (Å²) >= 11 is 3.58. The first-order valence-electron chi connectivity index (χ1n) is 16.0. The Hall–Kier alpha value is -5.45. The van der Waals surface area contributed by atoms with E-state index in [1.165, 1.54) is 55.2 Å². The monoisotopic (exact) mass is 668 g/mol. The number of hydrogen-bond donors (Lipinski definition) is 0. The molecule has 0 radical (unpaired) electrons. The molecule has 0 bridgehead atoms. The Bertz CT molecular complexity index is 2460. The fourth-order valence-electron chi connectivity index (χ4n) is 7.03. The lowest BCUT2D eigenvalue weighted by Gasteiger charge is -2.20. The van der Waals surface area contributed by atoms with Crippen LogP contribution in [-0.4, -0.2) is 9.55 Å². The highest BCUT2D eigenvalue weighted by Gasteiger charge is 2.18. The van der Waals surface area contributed by atoms with Gasteiger partial charge < -0.3 is 8.98 Å². The Labute approximate surface area is 281 Å². The molecule has 2 aromatic heterocycles. The summed E-state index contributed by atoms with van der Waals surface area (Å²) in [7, 11) is 0. The zero-order valence-electron chi connectivity index (χ0n) is 25.5. The molecule has 0 saturated carbocycles. The van der Waals surface area contributed by atoms with Crippen molar-refractivity contribution in [2.45, 2.75) is 12.8 Å². The highest BCUT2D eigenvalue weighted by Crippen LogP contribution is 2.40. The molecule has 3 nitrogen and oxygen atoms in total. The molecule has 224 valence electrons. The lowest BCUT2D eigenvalue weighted by Crippen LogP contribution is -1.98. The topological polar surface area (TPSA) is 31.0 Å². The molecule has 2 heterocycles. The standard InChI is InChI=1S/C43H29BrN2O/c44-38-16-9-17-39-42(38)47-43(45-39)30-22-20-28(21-23-30)32-10-1-3-12-34(32)35-13-4-2-11-33(35)29-24-26-31(27-25-29)46-40-18-7-5-14-36(40)37-15-6-8-19-41(37)46/h2-9,11-27H,1,10H2. The van der Waals surface area contributed by atoms with E-state index in [9.17, 15) is 0 Å². The van der Waals surface area contributed by atoms with E-state index in [0.29, 0.717) is 5.89 Å². The van der Waals surface area contributed by atoms with Gasteiger partial charge in [-0.1, -0.05) is 103 Å². The summed E-state index contributed by atoms with van der Waals surface area (Å²) in [6.07, 6.45) is 6.61. The van der Waals surface area contributed by atoms with Crippen LogP contribution in [0.1, 0.15) is 24.0 Å². The zero-order chi connectivity index (χ0) is 31.3. The second-order valence-corrected chi connectivity index (χ2v) is 12.8. The average Bonchev–Trinajstić information content (AvgIpc) is 3.73. The summed E-state index contributed by atoms with van der Waals surface area (Å²) in [4.78, 5) is 4.72. The van der Waals surface area contributed by atoms with Crippen molar-refractivity contribution in [3.05, 3.63) is 167 Å². The number of nitrogens with zero attached hydrogens (tertiary/aromatic N) is 2. The van der Waals surface area contributed by atoms with Gasteiger partial charge in [0.25, 0.3) is 0 Å². The molecule has 6 aromatic carbocycles. The number of allylic oxidation sites excluding steroid dienone is 4. The molecule has 0 saturated heterocycles. The van der Waals surface area contributed by atoms with Crippen LogP contribution in [0, 0.1) is 0 Å². The van der Waals surface area contributed by atoms with Crippen molar-refractivity contribution < 1.29 is 4.42 Å². The van der Waals surface area contributed by atoms with E-state index >= 15 is 0 Å². The van der Waals surface area contributed by atoms with Crippen LogP contribution in [0.3, 0.4) is 0 Å². The van der Waals surface area contributed by atoms with Crippen LogP contribution in [0.5, 0.6) is 0 Å². The Morgan fingerprint density at radius 2 is 1.23 bits per heavy atom. The van der Waals surface area contributed by atoms with Crippen molar-refractivity contribution in [3.8, 4) is 28.3 Å². The Kier molecular flexibility index (Phi) is 6.76. The Balaban J connectivity index is 1.09. The predicted molar refractivity (Wildman–Crippen MR) is 199 cm³/mol. The highest BCUT2D eigenvalue weighted by molar-refractivity contribution is 9.10. The van der Waals surface area contributed by atoms with Crippen molar-refractivity contribution in [3.63, 3.8) is 0 Å². The van der Waals surface area contributed by atoms with Gasteiger partial charge in [0.15, 0.2) is 5.58 Å². The molecule has 0 fully saturated rings. The fraction of sp³-hybridized carbons (Fsp3) is 0.0465. The summed E-state index contributed by atoms with van der Waals surface area (Å²) in [6, 6.07) is 49.7. The van der Waals surface area contributed by atoms with Gasteiger partial charge in [-0.3, -0.25) is 0 Å². The second kappa shape index (κ2) is 11.4. The number of fused-ring (bicyclic) bond motifs is 4. The first kappa shape index (κ1) is 27.8. The number of halogens is 1. The van der Waals surface area contributed by atoms with Crippen LogP contribution in [0.15, 0.2) is 161 Å². The van der Waals surface area contributed by atoms with Gasteiger partial charge >= 0.3 is 0 Å². The summed E-state index contributed by atoms with van der Waals surface area (Å²) in [5.74, 6) is 0.630. The van der Waals surface area contributed by atoms with Crippen LogP contribution in [0.25, 0.3) is 72.3 Å². The van der Waals surface area contributed by atoms with Crippen molar-refractivity contribution in [1.82, 2.24) is 9.55 Å². The van der Waals surface area contributed by atoms with Gasteiger partial charge in [-0.15, -0.1) is 0 Å². The van der Waals surface area contributed by atoms with Crippen molar-refractivity contribution in [2.24, 2.45) is 0 Å². The van der Waals surface area contributed by atoms with Gasteiger partial charge in [-0.2, -0.15) is 0 Å². The van der Waals surface area contributed by atoms with Crippen LogP contribution in [0.4, 0.5) is 0 Å². The van der Waals surface area contributed by atoms with E-state index in [4.69, 9.17) is 9.40 Å². The van der Waals surface area contributed by atoms with Gasteiger partial charge in [-0.05, 0) is 111 Å². The van der Waals surface area contributed by atoms with Crippen LogP contribution >= 0.6 is 15.9 Å². The van der Waals surface area contributed by atoms with Gasteiger partial charge in [0.1, 0.15) is 5.52 Å². The van der Waals surface area contributed by atoms with Gasteiger partial charge in [0.05, 0.1) is 15.5 Å². The average molecular weight is 670 g/mol. The number of rotatable bonds is 5. The molecule has 8 aromatic rings. The molecule has 0 atom stereocenters. The summed E-state index contributed by atoms with van der Waals surface area (Å²) < 4.78 is 9.40. The second-order valence-electron chi connectivity index (χ2n) is 12.0. The minimum absolute atomic E-state index is 0.630. The number of para-hydroxylation sites is 3. The number of aromatic nitrogens is 2. The van der Waals surface area contributed by atoms with E-state index in [0.717, 1.165) is 39.7 Å². The van der Waals surface area contributed by atoms with E-state index in [1.807, 2.05) is 18.2 Å². The third kappa shape index (κ3) is 4.76. The molecule has 0 N–H and O–H groups in total. The SMILES string of the molecule is Brc1cccc2nc(-c3ccc(C4=C(c5ccccc5-c5ccc(-n6c7ccccc7c7ccccc76)cc5)C=CCC4)cc3)oc12. The molecule has 0 aliphatic heterocycles. The maximum Gasteiger partial charge on any atom is 0.227 e. The van der Waals surface area contributed by atoms with Gasteiger partial charge in [0.2, 0.25) is 5.89 Å². The van der Waals surface area contributed by atoms with E-state index < -0.39 is 0 Å². The normalized spacial score (nSPS) is 13.3. The van der Waals surface area contributed by atoms with Crippen molar-refractivity contribution >= 4 is 60.0 Å². The van der Waals surface area contributed by atoms with Crippen molar-refractivity contribution in [1.29, 1.82) is 0 Å². The maximum atomic E-state index is 6.12. The molecule has 0 unspecified atom stereocenters. The minimum Gasteiger partial charge on any atom is -0.435 e. The summed E-state index contributed by atoms with van der Waals surface area (Å²) in [5, 5.41) is 2.55. The third-order valence-corrected chi connectivity index (χ3v) is 9.88. The van der Waals surface area contributed by atoms with Gasteiger partial charge in [0, 0.05) is 22.0 Å². The Morgan fingerprint density at radius 1 is 0.596 bits per heavy atom. The first-order valence-corrected chi connectivity index (χ1v) is 16.8. The molecular weight excluding hydrogens is 640 g/mol. The molecule has 47 heavy (non-hydrogen) atoms. The summed E-state index contributed by atoms with van der Waals surface area (Å²) in [6.45, 7) is 0. The molecular formula is C43H29BrN2O. The maximum absolute atomic E-state index is 6.12. The smallest absolute Gasteiger partial charge is 0.227 e. The highest BCUT2D eigenvalue weighted by atomic mass is 79.9. The lowest BCUT2D eigenvalue weighted by molar-refractivity contribution is 0.618. The van der Waals surface area contributed by atoms with E-state index in [1.54, 1.807) is 0 Å². The molecule has 9 rings (SSSR count). The molecule has 1 aliphatic rings. The van der Waals surface area contributed by atoms with E-state index in [-0.39, 0.29) is 0 Å². The largest absolute Gasteiger partial charge is 0.435 e. The summed E-state index contributed by atoms with van der Waals surface area (Å²) in [5.41, 5.74) is 13.7. The predicted octanol–water partition coefficient (Wildman–Crippen LogP) is 12.3. The molecule has 1 aliphatic carbocycles.